The number of rotatable bonds is 20. The van der Waals surface area contributed by atoms with Gasteiger partial charge in [0, 0.05) is 24.3 Å². The summed E-state index contributed by atoms with van der Waals surface area (Å²) in [6, 6.07) is 31.5. The summed E-state index contributed by atoms with van der Waals surface area (Å²) in [5.41, 5.74) is 5.58. The van der Waals surface area contributed by atoms with Gasteiger partial charge in [-0.15, -0.1) is 0 Å². The van der Waals surface area contributed by atoms with Crippen LogP contribution in [0.3, 0.4) is 0 Å². The van der Waals surface area contributed by atoms with E-state index in [2.05, 4.69) is 0 Å². The van der Waals surface area contributed by atoms with Gasteiger partial charge in [-0.05, 0) is 92.5 Å². The molecule has 0 radical (unpaired) electrons. The zero-order valence-electron chi connectivity index (χ0n) is 28.2. The summed E-state index contributed by atoms with van der Waals surface area (Å²) in [6.45, 7) is 10.1. The molecule has 4 aromatic carbocycles. The molecule has 2 atom stereocenters. The van der Waals surface area contributed by atoms with Gasteiger partial charge < -0.3 is 18.9 Å². The third kappa shape index (κ3) is 10.9. The normalized spacial score (nSPS) is 12.3. The summed E-state index contributed by atoms with van der Waals surface area (Å²) in [5.74, 6) is 1.70. The van der Waals surface area contributed by atoms with Gasteiger partial charge in [-0.3, -0.25) is 9.59 Å². The molecule has 2 unspecified atom stereocenters. The number of carbonyl (C=O) groups excluding carboxylic acids is 2. The Balaban J connectivity index is 1.12. The number of ether oxygens (including phenoxy) is 4. The lowest BCUT2D eigenvalue weighted by molar-refractivity contribution is 0.0477. The van der Waals surface area contributed by atoms with E-state index < -0.39 is 12.2 Å². The highest BCUT2D eigenvalue weighted by Gasteiger charge is 2.16. The van der Waals surface area contributed by atoms with Crippen LogP contribution in [0.4, 0.5) is 0 Å². The Labute approximate surface area is 280 Å². The van der Waals surface area contributed by atoms with Crippen LogP contribution in [0, 0.1) is 0 Å². The lowest BCUT2D eigenvalue weighted by Gasteiger charge is -2.12. The highest BCUT2D eigenvalue weighted by atomic mass is 16.5. The first-order chi connectivity index (χ1) is 22.9. The number of hydrogen-bond acceptors (Lipinski definition) is 6. The maximum absolute atomic E-state index is 12.5. The SMILES string of the molecule is CCCOC(C)C(=O)c1ccc(-c2ccc(OCCCCCOc3ccc(-c4ccc(C(=O)C(C)OCCC)cc4)cc3)cc2)cc1. The van der Waals surface area contributed by atoms with E-state index >= 15 is 0 Å². The maximum Gasteiger partial charge on any atom is 0.191 e. The van der Waals surface area contributed by atoms with E-state index in [1.54, 1.807) is 13.8 Å². The van der Waals surface area contributed by atoms with Crippen molar-refractivity contribution >= 4 is 11.6 Å². The second-order valence-corrected chi connectivity index (χ2v) is 11.7. The quantitative estimate of drug-likeness (QED) is 0.0711. The molecule has 0 aromatic heterocycles. The van der Waals surface area contributed by atoms with Gasteiger partial charge in [-0.2, -0.15) is 0 Å². The van der Waals surface area contributed by atoms with Crippen molar-refractivity contribution in [1.29, 1.82) is 0 Å². The molecule has 0 bridgehead atoms. The van der Waals surface area contributed by atoms with Crippen molar-refractivity contribution in [3.05, 3.63) is 108 Å². The molecule has 0 heterocycles. The van der Waals surface area contributed by atoms with E-state index in [-0.39, 0.29) is 11.6 Å². The number of hydrogen-bond donors (Lipinski definition) is 0. The van der Waals surface area contributed by atoms with Crippen LogP contribution in [0.15, 0.2) is 97.1 Å². The lowest BCUT2D eigenvalue weighted by Crippen LogP contribution is -2.21. The van der Waals surface area contributed by atoms with Gasteiger partial charge in [0.2, 0.25) is 0 Å². The smallest absolute Gasteiger partial charge is 0.191 e. The van der Waals surface area contributed by atoms with Gasteiger partial charge in [0.15, 0.2) is 11.6 Å². The first-order valence-corrected chi connectivity index (χ1v) is 16.9. The van der Waals surface area contributed by atoms with Gasteiger partial charge in [0.05, 0.1) is 13.2 Å². The molecule has 248 valence electrons. The van der Waals surface area contributed by atoms with E-state index in [9.17, 15) is 9.59 Å². The van der Waals surface area contributed by atoms with Crippen LogP contribution in [0.5, 0.6) is 11.5 Å². The van der Waals surface area contributed by atoms with Crippen LogP contribution in [0.25, 0.3) is 22.3 Å². The molecule has 4 rings (SSSR count). The molecule has 6 heteroatoms. The van der Waals surface area contributed by atoms with E-state index in [1.807, 2.05) is 111 Å². The summed E-state index contributed by atoms with van der Waals surface area (Å²) in [4.78, 5) is 25.1. The number of benzene rings is 4. The number of unbranched alkanes of at least 4 members (excludes halogenated alkanes) is 2. The van der Waals surface area contributed by atoms with Crippen LogP contribution >= 0.6 is 0 Å². The zero-order valence-corrected chi connectivity index (χ0v) is 28.2. The van der Waals surface area contributed by atoms with E-state index in [0.29, 0.717) is 37.6 Å². The fourth-order valence-electron chi connectivity index (χ4n) is 5.11. The monoisotopic (exact) mass is 636 g/mol. The molecule has 0 saturated heterocycles. The van der Waals surface area contributed by atoms with E-state index in [0.717, 1.165) is 65.9 Å². The van der Waals surface area contributed by atoms with Crippen molar-refractivity contribution in [3.63, 3.8) is 0 Å². The third-order valence-electron chi connectivity index (χ3n) is 7.92. The maximum atomic E-state index is 12.5. The Morgan fingerprint density at radius 1 is 0.468 bits per heavy atom. The van der Waals surface area contributed by atoms with Crippen molar-refractivity contribution in [3.8, 4) is 33.8 Å². The predicted molar refractivity (Wildman–Crippen MR) is 189 cm³/mol. The summed E-state index contributed by atoms with van der Waals surface area (Å²) in [6.07, 6.45) is 3.82. The molecule has 47 heavy (non-hydrogen) atoms. The number of carbonyl (C=O) groups is 2. The first-order valence-electron chi connectivity index (χ1n) is 16.9. The van der Waals surface area contributed by atoms with Crippen molar-refractivity contribution in [1.82, 2.24) is 0 Å². The lowest BCUT2D eigenvalue weighted by atomic mass is 10.0. The number of ketones is 2. The van der Waals surface area contributed by atoms with E-state index in [1.165, 1.54) is 0 Å². The largest absolute Gasteiger partial charge is 0.494 e. The molecule has 0 fully saturated rings. The Morgan fingerprint density at radius 2 is 0.787 bits per heavy atom. The first kappa shape index (κ1) is 35.6. The molecule has 0 amide bonds. The van der Waals surface area contributed by atoms with Gasteiger partial charge >= 0.3 is 0 Å². The van der Waals surface area contributed by atoms with Crippen molar-refractivity contribution in [2.45, 2.75) is 72.0 Å². The Hall–Kier alpha value is -4.26. The van der Waals surface area contributed by atoms with Gasteiger partial charge in [-0.25, -0.2) is 0 Å². The molecule has 0 aliphatic carbocycles. The van der Waals surface area contributed by atoms with Crippen LogP contribution in [-0.4, -0.2) is 50.2 Å². The highest BCUT2D eigenvalue weighted by molar-refractivity contribution is 6.00. The van der Waals surface area contributed by atoms with Crippen molar-refractivity contribution in [2.75, 3.05) is 26.4 Å². The Bertz CT molecular complexity index is 1390. The molecular weight excluding hydrogens is 588 g/mol. The average Bonchev–Trinajstić information content (AvgIpc) is 3.12. The van der Waals surface area contributed by atoms with Crippen LogP contribution in [-0.2, 0) is 9.47 Å². The van der Waals surface area contributed by atoms with Gasteiger partial charge in [0.25, 0.3) is 0 Å². The molecule has 0 aliphatic rings. The van der Waals surface area contributed by atoms with E-state index in [4.69, 9.17) is 18.9 Å². The van der Waals surface area contributed by atoms with Crippen LogP contribution in [0.2, 0.25) is 0 Å². The second kappa shape index (κ2) is 18.8. The second-order valence-electron chi connectivity index (χ2n) is 11.7. The minimum Gasteiger partial charge on any atom is -0.494 e. The van der Waals surface area contributed by atoms with Crippen molar-refractivity contribution < 1.29 is 28.5 Å². The minimum absolute atomic E-state index is 0.00673. The molecule has 0 aliphatic heterocycles. The fourth-order valence-corrected chi connectivity index (χ4v) is 5.11. The molecule has 0 saturated carbocycles. The zero-order chi connectivity index (χ0) is 33.4. The highest BCUT2D eigenvalue weighted by Crippen LogP contribution is 2.25. The molecule has 0 N–H and O–H groups in total. The third-order valence-corrected chi connectivity index (χ3v) is 7.92. The Morgan fingerprint density at radius 3 is 1.11 bits per heavy atom. The fraction of sp³-hybridized carbons (Fsp3) is 0.366. The Kier molecular flexibility index (Phi) is 14.2. The van der Waals surface area contributed by atoms with Crippen LogP contribution < -0.4 is 9.47 Å². The summed E-state index contributed by atoms with van der Waals surface area (Å²) in [7, 11) is 0. The topological polar surface area (TPSA) is 71.1 Å². The van der Waals surface area contributed by atoms with Crippen molar-refractivity contribution in [2.24, 2.45) is 0 Å². The molecular formula is C41H48O6. The summed E-state index contributed by atoms with van der Waals surface area (Å²) < 4.78 is 23.0. The standard InChI is InChI=1S/C41H48O6/c1-5-26-44-30(3)40(42)36-14-10-32(11-15-36)34-18-22-38(23-19-34)46-28-8-7-9-29-47-39-24-20-35(21-25-39)33-12-16-37(17-13-33)41(43)31(4)45-27-6-2/h10-25,30-31H,5-9,26-29H2,1-4H3. The van der Waals surface area contributed by atoms with Gasteiger partial charge in [0.1, 0.15) is 23.7 Å². The summed E-state index contributed by atoms with van der Waals surface area (Å²) in [5, 5.41) is 0. The molecule has 6 nitrogen and oxygen atoms in total. The minimum atomic E-state index is -0.432. The average molecular weight is 637 g/mol. The molecule has 4 aromatic rings. The number of Topliss-reactive ketones (excluding diaryl/α,β-unsaturated/α-hetero) is 2. The van der Waals surface area contributed by atoms with Gasteiger partial charge in [-0.1, -0.05) is 86.6 Å². The molecule has 0 spiro atoms. The van der Waals surface area contributed by atoms with Crippen LogP contribution in [0.1, 0.15) is 80.5 Å². The predicted octanol–water partition coefficient (Wildman–Crippen LogP) is 9.64. The summed E-state index contributed by atoms with van der Waals surface area (Å²) >= 11 is 0.